The fourth-order valence-electron chi connectivity index (χ4n) is 2.00. The van der Waals surface area contributed by atoms with Crippen molar-refractivity contribution in [1.82, 2.24) is 0 Å². The first kappa shape index (κ1) is 14.4. The second kappa shape index (κ2) is 5.47. The van der Waals surface area contributed by atoms with Crippen LogP contribution in [0.3, 0.4) is 0 Å². The van der Waals surface area contributed by atoms with Crippen LogP contribution in [0.4, 0.5) is 0 Å². The number of carbonyl (C=O) groups is 1. The Morgan fingerprint density at radius 1 is 1.20 bits per heavy atom. The van der Waals surface area contributed by atoms with Gasteiger partial charge in [-0.05, 0) is 19.3 Å². The molecule has 0 bridgehead atoms. The Kier molecular flexibility index (Phi) is 5.24. The van der Waals surface area contributed by atoms with Crippen LogP contribution in [0.1, 0.15) is 47.0 Å². The summed E-state index contributed by atoms with van der Waals surface area (Å²) in [7, 11) is 0. The minimum absolute atomic E-state index is 0.346. The predicted octanol–water partition coefficient (Wildman–Crippen LogP) is 1.24. The fraction of sp³-hybridized carbons (Fsp3) is 0.909. The van der Waals surface area contributed by atoms with Gasteiger partial charge in [-0.3, -0.25) is 4.79 Å². The minimum Gasteiger partial charge on any atom is -0.456 e. The van der Waals surface area contributed by atoms with Gasteiger partial charge in [0.25, 0.3) is 0 Å². The molecule has 0 spiro atoms. The summed E-state index contributed by atoms with van der Waals surface area (Å²) in [6.45, 7) is 6.34. The summed E-state index contributed by atoms with van der Waals surface area (Å²) in [5.41, 5.74) is -2.34. The maximum atomic E-state index is 11.0. The number of esters is 1. The van der Waals surface area contributed by atoms with E-state index in [2.05, 4.69) is 0 Å². The molecule has 0 fully saturated rings. The molecular weight excluding hydrogens is 196 g/mol. The predicted molar refractivity (Wildman–Crippen MR) is 57.4 cm³/mol. The topological polar surface area (TPSA) is 66.8 Å². The Morgan fingerprint density at radius 3 is 1.87 bits per heavy atom. The number of rotatable bonds is 6. The number of hydrogen-bond acceptors (Lipinski definition) is 4. The standard InChI is InChI=1S/C11H22O4/c1-5-10(14,8-12)11(6-2,7-3)15-9(4)13/h12,14H,5-8H2,1-4H3. The van der Waals surface area contributed by atoms with E-state index in [-0.39, 0.29) is 0 Å². The molecule has 0 saturated heterocycles. The van der Waals surface area contributed by atoms with Crippen molar-refractivity contribution in [3.63, 3.8) is 0 Å². The van der Waals surface area contributed by atoms with Crippen molar-refractivity contribution in [3.8, 4) is 0 Å². The van der Waals surface area contributed by atoms with E-state index in [0.29, 0.717) is 19.3 Å². The van der Waals surface area contributed by atoms with Gasteiger partial charge in [0, 0.05) is 6.92 Å². The summed E-state index contributed by atoms with van der Waals surface area (Å²) in [6, 6.07) is 0. The van der Waals surface area contributed by atoms with Crippen LogP contribution >= 0.6 is 0 Å². The highest BCUT2D eigenvalue weighted by atomic mass is 16.6. The molecule has 0 aliphatic rings. The highest BCUT2D eigenvalue weighted by Crippen LogP contribution is 2.35. The summed E-state index contributed by atoms with van der Waals surface area (Å²) in [6.07, 6.45) is 1.31. The van der Waals surface area contributed by atoms with Gasteiger partial charge in [0.05, 0.1) is 6.61 Å². The largest absolute Gasteiger partial charge is 0.456 e. The molecule has 0 aliphatic carbocycles. The zero-order valence-corrected chi connectivity index (χ0v) is 10.0. The van der Waals surface area contributed by atoms with Crippen molar-refractivity contribution in [2.24, 2.45) is 0 Å². The Balaban J connectivity index is 5.13. The molecule has 2 N–H and O–H groups in total. The average molecular weight is 218 g/mol. The lowest BCUT2D eigenvalue weighted by Crippen LogP contribution is -2.58. The Bertz CT molecular complexity index is 205. The lowest BCUT2D eigenvalue weighted by atomic mass is 9.77. The van der Waals surface area contributed by atoms with Gasteiger partial charge in [0.2, 0.25) is 0 Å². The molecule has 0 aromatic rings. The molecule has 0 amide bonds. The SMILES string of the molecule is CCC(O)(CO)C(CC)(CC)OC(C)=O. The van der Waals surface area contributed by atoms with Crippen molar-refractivity contribution in [1.29, 1.82) is 0 Å². The third-order valence-corrected chi connectivity index (χ3v) is 3.18. The van der Waals surface area contributed by atoms with E-state index in [1.54, 1.807) is 6.92 Å². The summed E-state index contributed by atoms with van der Waals surface area (Å²) < 4.78 is 5.23. The first-order valence-electron chi connectivity index (χ1n) is 5.44. The number of aliphatic hydroxyl groups is 2. The van der Waals surface area contributed by atoms with Gasteiger partial charge < -0.3 is 14.9 Å². The van der Waals surface area contributed by atoms with Crippen LogP contribution < -0.4 is 0 Å². The summed E-state index contributed by atoms with van der Waals surface area (Å²) in [5, 5.41) is 19.5. The normalized spacial score (nSPS) is 15.9. The molecule has 0 aliphatic heterocycles. The zero-order valence-electron chi connectivity index (χ0n) is 10.0. The van der Waals surface area contributed by atoms with E-state index < -0.39 is 23.8 Å². The number of hydrogen-bond donors (Lipinski definition) is 2. The third-order valence-electron chi connectivity index (χ3n) is 3.18. The van der Waals surface area contributed by atoms with Crippen molar-refractivity contribution in [2.45, 2.75) is 58.2 Å². The van der Waals surface area contributed by atoms with Crippen molar-refractivity contribution in [2.75, 3.05) is 6.61 Å². The van der Waals surface area contributed by atoms with Crippen LogP contribution in [0.2, 0.25) is 0 Å². The van der Waals surface area contributed by atoms with Gasteiger partial charge in [-0.15, -0.1) is 0 Å². The van der Waals surface area contributed by atoms with Gasteiger partial charge in [0.15, 0.2) is 0 Å². The quantitative estimate of drug-likeness (QED) is 0.658. The summed E-state index contributed by atoms with van der Waals surface area (Å²) >= 11 is 0. The molecule has 0 saturated carbocycles. The van der Waals surface area contributed by atoms with E-state index in [1.807, 2.05) is 13.8 Å². The Morgan fingerprint density at radius 2 is 1.67 bits per heavy atom. The van der Waals surface area contributed by atoms with Crippen LogP contribution in [0, 0.1) is 0 Å². The highest BCUT2D eigenvalue weighted by Gasteiger charge is 2.49. The second-order valence-corrected chi connectivity index (χ2v) is 3.84. The lowest BCUT2D eigenvalue weighted by molar-refractivity contribution is -0.208. The van der Waals surface area contributed by atoms with Crippen molar-refractivity contribution < 1.29 is 19.7 Å². The van der Waals surface area contributed by atoms with Crippen LogP contribution in [0.25, 0.3) is 0 Å². The van der Waals surface area contributed by atoms with Crippen molar-refractivity contribution in [3.05, 3.63) is 0 Å². The molecule has 15 heavy (non-hydrogen) atoms. The number of aliphatic hydroxyl groups excluding tert-OH is 1. The molecular formula is C11H22O4. The van der Waals surface area contributed by atoms with E-state index in [4.69, 9.17) is 4.74 Å². The lowest BCUT2D eigenvalue weighted by Gasteiger charge is -2.44. The third kappa shape index (κ3) is 2.69. The van der Waals surface area contributed by atoms with Gasteiger partial charge in [-0.25, -0.2) is 0 Å². The van der Waals surface area contributed by atoms with Crippen LogP contribution in [-0.4, -0.2) is 34.0 Å². The molecule has 0 heterocycles. The second-order valence-electron chi connectivity index (χ2n) is 3.84. The maximum absolute atomic E-state index is 11.0. The van der Waals surface area contributed by atoms with E-state index in [0.717, 1.165) is 0 Å². The molecule has 1 atom stereocenters. The molecule has 4 heteroatoms. The van der Waals surface area contributed by atoms with Gasteiger partial charge in [0.1, 0.15) is 11.2 Å². The van der Waals surface area contributed by atoms with Gasteiger partial charge in [-0.1, -0.05) is 20.8 Å². The number of carbonyl (C=O) groups excluding carboxylic acids is 1. The highest BCUT2D eigenvalue weighted by molar-refractivity contribution is 5.66. The van der Waals surface area contributed by atoms with Crippen LogP contribution in [-0.2, 0) is 9.53 Å². The Labute approximate surface area is 91.3 Å². The van der Waals surface area contributed by atoms with E-state index >= 15 is 0 Å². The monoisotopic (exact) mass is 218 g/mol. The first-order chi connectivity index (χ1) is 6.91. The number of ether oxygens (including phenoxy) is 1. The van der Waals surface area contributed by atoms with Gasteiger partial charge in [-0.2, -0.15) is 0 Å². The molecule has 4 nitrogen and oxygen atoms in total. The van der Waals surface area contributed by atoms with E-state index in [9.17, 15) is 15.0 Å². The Hall–Kier alpha value is -0.610. The summed E-state index contributed by atoms with van der Waals surface area (Å²) in [5.74, 6) is -0.431. The first-order valence-corrected chi connectivity index (χ1v) is 5.44. The zero-order chi connectivity index (χ0) is 12.1. The van der Waals surface area contributed by atoms with Crippen molar-refractivity contribution >= 4 is 5.97 Å². The van der Waals surface area contributed by atoms with Crippen LogP contribution in [0.5, 0.6) is 0 Å². The summed E-state index contributed by atoms with van der Waals surface area (Å²) in [4.78, 5) is 11.0. The molecule has 0 radical (unpaired) electrons. The fourth-order valence-corrected chi connectivity index (χ4v) is 2.00. The van der Waals surface area contributed by atoms with Gasteiger partial charge >= 0.3 is 5.97 Å². The molecule has 0 rings (SSSR count). The van der Waals surface area contributed by atoms with E-state index in [1.165, 1.54) is 6.92 Å². The average Bonchev–Trinajstić information content (AvgIpc) is 2.24. The molecule has 0 aromatic carbocycles. The molecule has 1 unspecified atom stereocenters. The molecule has 0 aromatic heterocycles. The molecule has 90 valence electrons. The van der Waals surface area contributed by atoms with Crippen LogP contribution in [0.15, 0.2) is 0 Å². The maximum Gasteiger partial charge on any atom is 0.303 e. The minimum atomic E-state index is -1.36. The smallest absolute Gasteiger partial charge is 0.303 e.